The summed E-state index contributed by atoms with van der Waals surface area (Å²) in [5.41, 5.74) is 1.39. The van der Waals surface area contributed by atoms with Gasteiger partial charge in [-0.1, -0.05) is 12.1 Å². The van der Waals surface area contributed by atoms with Crippen molar-refractivity contribution < 1.29 is 19.0 Å². The number of carbonyl (C=O) groups is 1. The summed E-state index contributed by atoms with van der Waals surface area (Å²) in [5.74, 6) is 0.149. The molecule has 0 aromatic heterocycles. The third kappa shape index (κ3) is 6.02. The highest BCUT2D eigenvalue weighted by molar-refractivity contribution is 5.94. The maximum Gasteiger partial charge on any atom is 0.251 e. The molecule has 1 fully saturated rings. The van der Waals surface area contributed by atoms with E-state index in [0.717, 1.165) is 18.5 Å². The van der Waals surface area contributed by atoms with Crippen LogP contribution in [0.5, 0.6) is 5.75 Å². The summed E-state index contributed by atoms with van der Waals surface area (Å²) in [6.45, 7) is 6.15. The van der Waals surface area contributed by atoms with Crippen molar-refractivity contribution in [2.24, 2.45) is 0 Å². The molecule has 3 rings (SSSR count). The lowest BCUT2D eigenvalue weighted by atomic mass is 10.1. The molecule has 0 unspecified atom stereocenters. The fraction of sp³-hybridized carbons (Fsp3) is 0.435. The second-order valence-electron chi connectivity index (χ2n) is 7.82. The van der Waals surface area contributed by atoms with Gasteiger partial charge in [0, 0.05) is 18.2 Å². The Bertz CT molecular complexity index is 793. The summed E-state index contributed by atoms with van der Waals surface area (Å²) in [7, 11) is 0. The van der Waals surface area contributed by atoms with E-state index >= 15 is 0 Å². The summed E-state index contributed by atoms with van der Waals surface area (Å²) in [6.07, 6.45) is 1.07. The first-order valence-electron chi connectivity index (χ1n) is 10.1. The molecular weight excluding hydrogens is 371 g/mol. The molecule has 0 aliphatic carbocycles. The predicted molar refractivity (Wildman–Crippen MR) is 110 cm³/mol. The van der Waals surface area contributed by atoms with Gasteiger partial charge < -0.3 is 15.2 Å². The fourth-order valence-corrected chi connectivity index (χ4v) is 3.48. The Hall–Kier alpha value is -2.44. The Balaban J connectivity index is 1.57. The van der Waals surface area contributed by atoms with Gasteiger partial charge in [-0.05, 0) is 75.2 Å². The molecule has 2 N–H and O–H groups in total. The molecule has 0 bridgehead atoms. The van der Waals surface area contributed by atoms with Crippen LogP contribution in [0.1, 0.15) is 42.6 Å². The van der Waals surface area contributed by atoms with Gasteiger partial charge in [-0.15, -0.1) is 0 Å². The number of nitrogens with zero attached hydrogens (tertiary/aromatic N) is 1. The maximum atomic E-state index is 12.9. The molecule has 1 aliphatic rings. The number of ether oxygens (including phenoxy) is 1. The number of nitrogens with one attached hydrogen (secondary N) is 1. The van der Waals surface area contributed by atoms with Gasteiger partial charge in [0.25, 0.3) is 5.91 Å². The van der Waals surface area contributed by atoms with E-state index in [1.54, 1.807) is 36.4 Å². The fourth-order valence-electron chi connectivity index (χ4n) is 3.48. The first kappa shape index (κ1) is 21.3. The largest absolute Gasteiger partial charge is 0.489 e. The molecule has 1 aliphatic heterocycles. The van der Waals surface area contributed by atoms with Gasteiger partial charge in [0.2, 0.25) is 0 Å². The Morgan fingerprint density at radius 2 is 1.90 bits per heavy atom. The van der Waals surface area contributed by atoms with Gasteiger partial charge in [-0.3, -0.25) is 9.69 Å². The predicted octanol–water partition coefficient (Wildman–Crippen LogP) is 3.37. The Kier molecular flexibility index (Phi) is 7.23. The van der Waals surface area contributed by atoms with Crippen molar-refractivity contribution in [1.82, 2.24) is 10.2 Å². The third-order valence-corrected chi connectivity index (χ3v) is 5.32. The molecule has 2 aromatic rings. The van der Waals surface area contributed by atoms with Gasteiger partial charge in [0.1, 0.15) is 18.2 Å². The number of halogens is 1. The van der Waals surface area contributed by atoms with Crippen LogP contribution in [0.2, 0.25) is 0 Å². The van der Waals surface area contributed by atoms with E-state index in [0.29, 0.717) is 36.9 Å². The summed E-state index contributed by atoms with van der Waals surface area (Å²) in [6, 6.07) is 13.1. The molecule has 0 spiro atoms. The minimum Gasteiger partial charge on any atom is -0.489 e. The van der Waals surface area contributed by atoms with Crippen molar-refractivity contribution in [3.05, 3.63) is 65.5 Å². The van der Waals surface area contributed by atoms with Gasteiger partial charge in [-0.25, -0.2) is 4.39 Å². The third-order valence-electron chi connectivity index (χ3n) is 5.32. The summed E-state index contributed by atoms with van der Waals surface area (Å²) < 4.78 is 18.6. The second kappa shape index (κ2) is 9.85. The van der Waals surface area contributed by atoms with Gasteiger partial charge in [-0.2, -0.15) is 0 Å². The van der Waals surface area contributed by atoms with Crippen molar-refractivity contribution >= 4 is 5.91 Å². The van der Waals surface area contributed by atoms with Crippen LogP contribution in [-0.2, 0) is 6.61 Å². The Morgan fingerprint density at radius 1 is 1.21 bits per heavy atom. The molecule has 5 nitrogen and oxygen atoms in total. The SMILES string of the molecule is CC(C)N1CCC[C@@H](O)[C@H](NC(=O)c2ccc(OCc3ccc(F)cc3)cc2)C1. The molecule has 6 heteroatoms. The van der Waals surface area contributed by atoms with Crippen molar-refractivity contribution in [1.29, 1.82) is 0 Å². The molecule has 29 heavy (non-hydrogen) atoms. The normalized spacial score (nSPS) is 20.3. The molecule has 0 radical (unpaired) electrons. The molecule has 2 aromatic carbocycles. The van der Waals surface area contributed by atoms with E-state index in [4.69, 9.17) is 4.74 Å². The lowest BCUT2D eigenvalue weighted by molar-refractivity contribution is 0.0786. The summed E-state index contributed by atoms with van der Waals surface area (Å²) >= 11 is 0. The minimum atomic E-state index is -0.541. The molecule has 156 valence electrons. The second-order valence-corrected chi connectivity index (χ2v) is 7.82. The molecule has 1 heterocycles. The van der Waals surface area contributed by atoms with E-state index in [1.807, 2.05) is 0 Å². The lowest BCUT2D eigenvalue weighted by Gasteiger charge is -2.29. The van der Waals surface area contributed by atoms with Crippen molar-refractivity contribution in [3.8, 4) is 5.75 Å². The average Bonchev–Trinajstić information content (AvgIpc) is 2.89. The first-order chi connectivity index (χ1) is 13.9. The van der Waals surface area contributed by atoms with Crippen LogP contribution in [-0.4, -0.2) is 47.2 Å². The number of aliphatic hydroxyl groups excluding tert-OH is 1. The number of likely N-dealkylation sites (tertiary alicyclic amines) is 1. The van der Waals surface area contributed by atoms with Crippen LogP contribution in [0.4, 0.5) is 4.39 Å². The molecule has 0 saturated carbocycles. The Morgan fingerprint density at radius 3 is 2.55 bits per heavy atom. The monoisotopic (exact) mass is 400 g/mol. The van der Waals surface area contributed by atoms with E-state index in [9.17, 15) is 14.3 Å². The first-order valence-corrected chi connectivity index (χ1v) is 10.1. The highest BCUT2D eigenvalue weighted by atomic mass is 19.1. The lowest BCUT2D eigenvalue weighted by Crippen LogP contribution is -2.50. The number of hydrogen-bond acceptors (Lipinski definition) is 4. The van der Waals surface area contributed by atoms with Crippen LogP contribution in [0.3, 0.4) is 0 Å². The number of aliphatic hydroxyl groups is 1. The average molecular weight is 400 g/mol. The van der Waals surface area contributed by atoms with E-state index in [2.05, 4.69) is 24.1 Å². The van der Waals surface area contributed by atoms with Gasteiger partial charge in [0.05, 0.1) is 12.1 Å². The summed E-state index contributed by atoms with van der Waals surface area (Å²) in [4.78, 5) is 14.9. The van der Waals surface area contributed by atoms with E-state index < -0.39 is 6.10 Å². The number of carbonyl (C=O) groups excluding carboxylic acids is 1. The summed E-state index contributed by atoms with van der Waals surface area (Å²) in [5, 5.41) is 13.4. The zero-order valence-electron chi connectivity index (χ0n) is 17.0. The highest BCUT2D eigenvalue weighted by Crippen LogP contribution is 2.17. The van der Waals surface area contributed by atoms with Gasteiger partial charge in [0.15, 0.2) is 0 Å². The molecule has 1 saturated heterocycles. The molecule has 1 amide bonds. The van der Waals surface area contributed by atoms with Crippen LogP contribution in [0, 0.1) is 5.82 Å². The highest BCUT2D eigenvalue weighted by Gasteiger charge is 2.28. The van der Waals surface area contributed by atoms with E-state index in [1.165, 1.54) is 12.1 Å². The Labute approximate surface area is 171 Å². The topological polar surface area (TPSA) is 61.8 Å². The smallest absolute Gasteiger partial charge is 0.251 e. The number of hydrogen-bond donors (Lipinski definition) is 2. The van der Waals surface area contributed by atoms with Crippen molar-refractivity contribution in [3.63, 3.8) is 0 Å². The van der Waals surface area contributed by atoms with Crippen LogP contribution in [0.15, 0.2) is 48.5 Å². The zero-order valence-corrected chi connectivity index (χ0v) is 17.0. The van der Waals surface area contributed by atoms with Crippen molar-refractivity contribution in [2.75, 3.05) is 13.1 Å². The molecule has 2 atom stereocenters. The van der Waals surface area contributed by atoms with Crippen LogP contribution in [0.25, 0.3) is 0 Å². The number of amides is 1. The van der Waals surface area contributed by atoms with Crippen LogP contribution < -0.4 is 10.1 Å². The minimum absolute atomic E-state index is 0.204. The van der Waals surface area contributed by atoms with E-state index in [-0.39, 0.29) is 17.8 Å². The quantitative estimate of drug-likeness (QED) is 0.781. The zero-order chi connectivity index (χ0) is 20.8. The standard InChI is InChI=1S/C23H29FN2O3/c1-16(2)26-13-3-4-22(27)21(14-26)25-23(28)18-7-11-20(12-8-18)29-15-17-5-9-19(24)10-6-17/h5-12,16,21-22,27H,3-4,13-15H2,1-2H3,(H,25,28)/t21-,22-/m1/s1. The van der Waals surface area contributed by atoms with Crippen molar-refractivity contribution in [2.45, 2.75) is 51.5 Å². The number of benzene rings is 2. The van der Waals surface area contributed by atoms with Crippen LogP contribution >= 0.6 is 0 Å². The molecular formula is C23H29FN2O3. The number of rotatable bonds is 6. The van der Waals surface area contributed by atoms with Gasteiger partial charge >= 0.3 is 0 Å². The maximum absolute atomic E-state index is 12.9.